The Hall–Kier alpha value is -2.04. The summed E-state index contributed by atoms with van der Waals surface area (Å²) >= 11 is 0. The first-order valence-corrected chi connectivity index (χ1v) is 7.87. The fraction of sp³-hybridized carbons (Fsp3) is 0.529. The molecule has 5 heteroatoms. The van der Waals surface area contributed by atoms with Crippen LogP contribution in [-0.2, 0) is 9.59 Å². The number of carbonyl (C=O) groups is 2. The number of anilines is 1. The molecule has 1 aromatic carbocycles. The van der Waals surface area contributed by atoms with Gasteiger partial charge in [0.05, 0.1) is 12.8 Å². The Kier molecular flexibility index (Phi) is 5.41. The van der Waals surface area contributed by atoms with Crippen LogP contribution < -0.4 is 15.4 Å². The lowest BCUT2D eigenvalue weighted by Crippen LogP contribution is -2.40. The van der Waals surface area contributed by atoms with Crippen molar-refractivity contribution in [3.05, 3.63) is 24.3 Å². The molecule has 0 spiro atoms. The van der Waals surface area contributed by atoms with Gasteiger partial charge in [-0.2, -0.15) is 0 Å². The molecule has 2 amide bonds. The van der Waals surface area contributed by atoms with Gasteiger partial charge in [0.15, 0.2) is 0 Å². The molecule has 0 saturated heterocycles. The van der Waals surface area contributed by atoms with Crippen molar-refractivity contribution in [2.45, 2.75) is 39.0 Å². The summed E-state index contributed by atoms with van der Waals surface area (Å²) < 4.78 is 5.22. The number of benzene rings is 1. The smallest absolute Gasteiger partial charge is 0.240 e. The summed E-state index contributed by atoms with van der Waals surface area (Å²) in [6, 6.07) is 7.20. The summed E-state index contributed by atoms with van der Waals surface area (Å²) in [7, 11) is 1.55. The van der Waals surface area contributed by atoms with E-state index in [2.05, 4.69) is 17.6 Å². The maximum absolute atomic E-state index is 12.5. The minimum atomic E-state index is -0.896. The van der Waals surface area contributed by atoms with Crippen LogP contribution in [0.25, 0.3) is 0 Å². The van der Waals surface area contributed by atoms with Crippen LogP contribution in [0.5, 0.6) is 5.75 Å². The van der Waals surface area contributed by atoms with Crippen molar-refractivity contribution >= 4 is 17.5 Å². The van der Waals surface area contributed by atoms with Crippen LogP contribution in [0.1, 0.15) is 39.0 Å². The number of unbranched alkanes of at least 4 members (excludes halogenated alkanes) is 2. The molecule has 0 heterocycles. The van der Waals surface area contributed by atoms with E-state index in [-0.39, 0.29) is 11.8 Å². The molecule has 2 N–H and O–H groups in total. The summed E-state index contributed by atoms with van der Waals surface area (Å²) in [6.07, 6.45) is 4.35. The van der Waals surface area contributed by atoms with Crippen LogP contribution >= 0.6 is 0 Å². The minimum absolute atomic E-state index is 0.156. The van der Waals surface area contributed by atoms with Gasteiger partial charge in [0, 0.05) is 6.54 Å². The molecular weight excluding hydrogens is 280 g/mol. The quantitative estimate of drug-likeness (QED) is 0.573. The van der Waals surface area contributed by atoms with Crippen LogP contribution in [0.3, 0.4) is 0 Å². The van der Waals surface area contributed by atoms with Crippen molar-refractivity contribution < 1.29 is 14.3 Å². The van der Waals surface area contributed by atoms with Crippen molar-refractivity contribution in [3.63, 3.8) is 0 Å². The van der Waals surface area contributed by atoms with E-state index in [0.717, 1.165) is 19.3 Å². The second-order valence-corrected chi connectivity index (χ2v) is 5.70. The highest BCUT2D eigenvalue weighted by Crippen LogP contribution is 2.47. The number of hydrogen-bond acceptors (Lipinski definition) is 3. The minimum Gasteiger partial charge on any atom is -0.495 e. The maximum atomic E-state index is 12.5. The van der Waals surface area contributed by atoms with E-state index in [4.69, 9.17) is 4.74 Å². The first kappa shape index (κ1) is 16.3. The third kappa shape index (κ3) is 3.59. The van der Waals surface area contributed by atoms with Crippen LogP contribution in [-0.4, -0.2) is 25.5 Å². The fourth-order valence-corrected chi connectivity index (χ4v) is 2.42. The monoisotopic (exact) mass is 304 g/mol. The second-order valence-electron chi connectivity index (χ2n) is 5.70. The van der Waals surface area contributed by atoms with Gasteiger partial charge in [0.1, 0.15) is 11.2 Å². The average Bonchev–Trinajstić information content (AvgIpc) is 3.34. The molecule has 22 heavy (non-hydrogen) atoms. The molecule has 0 bridgehead atoms. The van der Waals surface area contributed by atoms with E-state index in [9.17, 15) is 9.59 Å². The van der Waals surface area contributed by atoms with Crippen molar-refractivity contribution in [3.8, 4) is 5.75 Å². The number of para-hydroxylation sites is 2. The lowest BCUT2D eigenvalue weighted by molar-refractivity contribution is -0.134. The number of rotatable bonds is 8. The number of ether oxygens (including phenoxy) is 1. The molecule has 1 saturated carbocycles. The lowest BCUT2D eigenvalue weighted by Gasteiger charge is -2.16. The van der Waals surface area contributed by atoms with Gasteiger partial charge in [-0.05, 0) is 31.4 Å². The summed E-state index contributed by atoms with van der Waals surface area (Å²) in [4.78, 5) is 24.7. The van der Waals surface area contributed by atoms with Gasteiger partial charge in [-0.25, -0.2) is 0 Å². The summed E-state index contributed by atoms with van der Waals surface area (Å²) in [5.41, 5.74) is -0.298. The zero-order valence-electron chi connectivity index (χ0n) is 13.3. The highest BCUT2D eigenvalue weighted by molar-refractivity contribution is 6.13. The van der Waals surface area contributed by atoms with E-state index in [0.29, 0.717) is 30.8 Å². The average molecular weight is 304 g/mol. The van der Waals surface area contributed by atoms with Gasteiger partial charge in [-0.1, -0.05) is 31.9 Å². The Labute approximate surface area is 131 Å². The van der Waals surface area contributed by atoms with E-state index < -0.39 is 5.41 Å². The highest BCUT2D eigenvalue weighted by atomic mass is 16.5. The number of methoxy groups -OCH3 is 1. The number of amides is 2. The van der Waals surface area contributed by atoms with Gasteiger partial charge in [-0.15, -0.1) is 0 Å². The molecule has 1 aromatic rings. The standard InChI is InChI=1S/C17H24N2O3/c1-3-4-7-12-18-15(20)17(10-11-17)16(21)19-13-8-5-6-9-14(13)22-2/h5-6,8-9H,3-4,7,10-12H2,1-2H3,(H,18,20)(H,19,21). The number of nitrogens with one attached hydrogen (secondary N) is 2. The molecule has 1 fully saturated rings. The highest BCUT2D eigenvalue weighted by Gasteiger charge is 2.56. The molecular formula is C17H24N2O3. The Morgan fingerprint density at radius 1 is 1.18 bits per heavy atom. The Balaban J connectivity index is 1.95. The first-order chi connectivity index (χ1) is 10.6. The molecule has 120 valence electrons. The first-order valence-electron chi connectivity index (χ1n) is 7.87. The predicted molar refractivity (Wildman–Crippen MR) is 85.8 cm³/mol. The van der Waals surface area contributed by atoms with E-state index in [1.54, 1.807) is 19.2 Å². The predicted octanol–water partition coefficient (Wildman–Crippen LogP) is 2.72. The third-order valence-electron chi connectivity index (χ3n) is 4.04. The Morgan fingerprint density at radius 2 is 1.91 bits per heavy atom. The summed E-state index contributed by atoms with van der Waals surface area (Å²) in [5.74, 6) is 0.191. The van der Waals surface area contributed by atoms with Crippen molar-refractivity contribution in [2.24, 2.45) is 5.41 Å². The fourth-order valence-electron chi connectivity index (χ4n) is 2.42. The molecule has 1 aliphatic carbocycles. The maximum Gasteiger partial charge on any atom is 0.240 e. The number of hydrogen-bond donors (Lipinski definition) is 2. The molecule has 0 radical (unpaired) electrons. The Bertz CT molecular complexity index is 538. The SMILES string of the molecule is CCCCCNC(=O)C1(C(=O)Nc2ccccc2OC)CC1. The van der Waals surface area contributed by atoms with E-state index in [1.807, 2.05) is 12.1 Å². The zero-order valence-corrected chi connectivity index (χ0v) is 13.3. The second kappa shape index (κ2) is 7.29. The molecule has 0 unspecified atom stereocenters. The summed E-state index contributed by atoms with van der Waals surface area (Å²) in [6.45, 7) is 2.75. The van der Waals surface area contributed by atoms with Crippen LogP contribution in [0.15, 0.2) is 24.3 Å². The Morgan fingerprint density at radius 3 is 2.55 bits per heavy atom. The molecule has 0 aromatic heterocycles. The third-order valence-corrected chi connectivity index (χ3v) is 4.04. The van der Waals surface area contributed by atoms with Gasteiger partial charge < -0.3 is 15.4 Å². The van der Waals surface area contributed by atoms with Gasteiger partial charge in [0.2, 0.25) is 11.8 Å². The van der Waals surface area contributed by atoms with Crippen molar-refractivity contribution in [1.29, 1.82) is 0 Å². The van der Waals surface area contributed by atoms with Crippen LogP contribution in [0.2, 0.25) is 0 Å². The summed E-state index contributed by atoms with van der Waals surface area (Å²) in [5, 5.41) is 5.71. The number of carbonyl (C=O) groups excluding carboxylic acids is 2. The molecule has 1 aliphatic rings. The topological polar surface area (TPSA) is 67.4 Å². The lowest BCUT2D eigenvalue weighted by atomic mass is 10.0. The molecule has 0 aliphatic heterocycles. The largest absolute Gasteiger partial charge is 0.495 e. The molecule has 2 rings (SSSR count). The van der Waals surface area contributed by atoms with Crippen molar-refractivity contribution in [1.82, 2.24) is 5.32 Å². The van der Waals surface area contributed by atoms with E-state index >= 15 is 0 Å². The molecule has 0 atom stereocenters. The zero-order chi connectivity index (χ0) is 16.0. The van der Waals surface area contributed by atoms with Gasteiger partial charge in [-0.3, -0.25) is 9.59 Å². The normalized spacial score (nSPS) is 15.0. The molecule has 5 nitrogen and oxygen atoms in total. The van der Waals surface area contributed by atoms with E-state index in [1.165, 1.54) is 0 Å². The van der Waals surface area contributed by atoms with Gasteiger partial charge in [0.25, 0.3) is 0 Å². The van der Waals surface area contributed by atoms with Gasteiger partial charge >= 0.3 is 0 Å². The van der Waals surface area contributed by atoms with Crippen LogP contribution in [0, 0.1) is 5.41 Å². The van der Waals surface area contributed by atoms with Crippen LogP contribution in [0.4, 0.5) is 5.69 Å². The van der Waals surface area contributed by atoms with Crippen molar-refractivity contribution in [2.75, 3.05) is 19.0 Å².